The number of hydrogen-bond donors (Lipinski definition) is 2. The van der Waals surface area contributed by atoms with E-state index in [4.69, 9.17) is 5.73 Å². The monoisotopic (exact) mass is 247 g/mol. The summed E-state index contributed by atoms with van der Waals surface area (Å²) in [5.74, 6) is 0.549. The number of guanidine groups is 1. The van der Waals surface area contributed by atoms with E-state index in [0.29, 0.717) is 24.6 Å². The molecule has 1 aromatic heterocycles. The Morgan fingerprint density at radius 1 is 1.39 bits per heavy atom. The lowest BCUT2D eigenvalue weighted by molar-refractivity contribution is 0.463. The van der Waals surface area contributed by atoms with Crippen LogP contribution in [0.4, 0.5) is 0 Å². The van der Waals surface area contributed by atoms with Crippen molar-refractivity contribution in [1.29, 1.82) is 0 Å². The Morgan fingerprint density at radius 3 is 2.89 bits per heavy atom. The summed E-state index contributed by atoms with van der Waals surface area (Å²) >= 11 is 0. The standard InChI is InChI=1S/C13H21N5/c14-13(16-10-5-6-10)15-9-11-7-8-18(17-11)12-3-1-2-4-12/h7-8,10,12H,1-6,9H2,(H3,14,15,16). The van der Waals surface area contributed by atoms with Crippen LogP contribution >= 0.6 is 0 Å². The predicted octanol–water partition coefficient (Wildman–Crippen LogP) is 1.56. The minimum absolute atomic E-state index is 0.549. The molecule has 0 spiro atoms. The molecule has 2 saturated carbocycles. The van der Waals surface area contributed by atoms with Gasteiger partial charge in [0.2, 0.25) is 0 Å². The quantitative estimate of drug-likeness (QED) is 0.627. The number of aromatic nitrogens is 2. The molecule has 98 valence electrons. The molecule has 2 aliphatic carbocycles. The van der Waals surface area contributed by atoms with E-state index >= 15 is 0 Å². The van der Waals surface area contributed by atoms with Crippen molar-refractivity contribution in [2.75, 3.05) is 0 Å². The van der Waals surface area contributed by atoms with Crippen molar-refractivity contribution in [2.24, 2.45) is 10.7 Å². The average molecular weight is 247 g/mol. The highest BCUT2D eigenvalue weighted by molar-refractivity contribution is 5.78. The number of nitrogens with two attached hydrogens (primary N) is 1. The first-order valence-corrected chi connectivity index (χ1v) is 6.92. The van der Waals surface area contributed by atoms with Crippen molar-refractivity contribution in [1.82, 2.24) is 15.1 Å². The maximum absolute atomic E-state index is 5.80. The SMILES string of the molecule is NC(=NCc1ccn(C2CCCC2)n1)NC1CC1. The molecule has 2 fully saturated rings. The molecule has 1 heterocycles. The third-order valence-corrected chi connectivity index (χ3v) is 3.70. The molecule has 3 N–H and O–H groups in total. The number of nitrogens with zero attached hydrogens (tertiary/aromatic N) is 3. The van der Waals surface area contributed by atoms with Crippen LogP contribution in [0.2, 0.25) is 0 Å². The van der Waals surface area contributed by atoms with Gasteiger partial charge >= 0.3 is 0 Å². The molecular formula is C13H21N5. The van der Waals surface area contributed by atoms with Gasteiger partial charge in [-0.2, -0.15) is 5.10 Å². The van der Waals surface area contributed by atoms with E-state index in [1.54, 1.807) is 0 Å². The molecule has 1 aromatic rings. The zero-order chi connectivity index (χ0) is 12.4. The summed E-state index contributed by atoms with van der Waals surface area (Å²) in [6.45, 7) is 0.575. The first-order valence-electron chi connectivity index (χ1n) is 6.92. The number of nitrogens with one attached hydrogen (secondary N) is 1. The summed E-state index contributed by atoms with van der Waals surface area (Å²) in [5.41, 5.74) is 6.80. The number of hydrogen-bond acceptors (Lipinski definition) is 2. The molecule has 5 nitrogen and oxygen atoms in total. The Morgan fingerprint density at radius 2 is 2.17 bits per heavy atom. The Labute approximate surface area is 107 Å². The molecular weight excluding hydrogens is 226 g/mol. The molecule has 3 rings (SSSR count). The normalized spacial score (nSPS) is 21.4. The van der Waals surface area contributed by atoms with Crippen LogP contribution < -0.4 is 11.1 Å². The van der Waals surface area contributed by atoms with E-state index in [1.807, 2.05) is 6.07 Å². The summed E-state index contributed by atoms with van der Waals surface area (Å²) in [7, 11) is 0. The predicted molar refractivity (Wildman–Crippen MR) is 71.2 cm³/mol. The number of aliphatic imine (C=N–C) groups is 1. The van der Waals surface area contributed by atoms with Gasteiger partial charge in [0.25, 0.3) is 0 Å². The summed E-state index contributed by atoms with van der Waals surface area (Å²) < 4.78 is 2.10. The van der Waals surface area contributed by atoms with Gasteiger partial charge in [-0.05, 0) is 31.7 Å². The summed E-state index contributed by atoms with van der Waals surface area (Å²) in [4.78, 5) is 4.32. The van der Waals surface area contributed by atoms with Crippen molar-refractivity contribution >= 4 is 5.96 Å². The third kappa shape index (κ3) is 2.83. The second-order valence-corrected chi connectivity index (χ2v) is 5.35. The minimum atomic E-state index is 0.549. The van der Waals surface area contributed by atoms with E-state index in [-0.39, 0.29) is 0 Å². The highest BCUT2D eigenvalue weighted by Crippen LogP contribution is 2.28. The molecule has 0 saturated heterocycles. The van der Waals surface area contributed by atoms with Crippen LogP contribution in [-0.2, 0) is 6.54 Å². The highest BCUT2D eigenvalue weighted by Gasteiger charge is 2.21. The van der Waals surface area contributed by atoms with E-state index in [0.717, 1.165) is 5.69 Å². The van der Waals surface area contributed by atoms with Gasteiger partial charge in [-0.25, -0.2) is 4.99 Å². The van der Waals surface area contributed by atoms with Gasteiger partial charge in [-0.1, -0.05) is 12.8 Å². The summed E-state index contributed by atoms with van der Waals surface area (Å²) in [6.07, 6.45) is 9.68. The molecule has 18 heavy (non-hydrogen) atoms. The van der Waals surface area contributed by atoms with E-state index in [1.165, 1.54) is 38.5 Å². The van der Waals surface area contributed by atoms with Gasteiger partial charge in [-0.3, -0.25) is 4.68 Å². The van der Waals surface area contributed by atoms with Gasteiger partial charge in [-0.15, -0.1) is 0 Å². The van der Waals surface area contributed by atoms with Crippen molar-refractivity contribution in [3.8, 4) is 0 Å². The maximum Gasteiger partial charge on any atom is 0.189 e. The second-order valence-electron chi connectivity index (χ2n) is 5.35. The van der Waals surface area contributed by atoms with Gasteiger partial charge < -0.3 is 11.1 Å². The maximum atomic E-state index is 5.80. The fourth-order valence-corrected chi connectivity index (χ4v) is 2.48. The molecule has 0 aromatic carbocycles. The Hall–Kier alpha value is -1.52. The molecule has 2 aliphatic rings. The molecule has 0 radical (unpaired) electrons. The minimum Gasteiger partial charge on any atom is -0.370 e. The van der Waals surface area contributed by atoms with Crippen molar-refractivity contribution < 1.29 is 0 Å². The molecule has 0 aliphatic heterocycles. The van der Waals surface area contributed by atoms with Gasteiger partial charge in [0.05, 0.1) is 18.3 Å². The van der Waals surface area contributed by atoms with E-state index in [9.17, 15) is 0 Å². The van der Waals surface area contributed by atoms with Crippen LogP contribution in [0.5, 0.6) is 0 Å². The van der Waals surface area contributed by atoms with E-state index in [2.05, 4.69) is 26.3 Å². The van der Waals surface area contributed by atoms with E-state index < -0.39 is 0 Å². The van der Waals surface area contributed by atoms with Crippen LogP contribution in [0.1, 0.15) is 50.3 Å². The second kappa shape index (κ2) is 5.00. The first kappa shape index (κ1) is 11.6. The lowest BCUT2D eigenvalue weighted by Gasteiger charge is -2.08. The zero-order valence-electron chi connectivity index (χ0n) is 10.7. The highest BCUT2D eigenvalue weighted by atomic mass is 15.3. The van der Waals surface area contributed by atoms with Crippen LogP contribution in [0.3, 0.4) is 0 Å². The fourth-order valence-electron chi connectivity index (χ4n) is 2.48. The Balaban J connectivity index is 1.55. The lowest BCUT2D eigenvalue weighted by Crippen LogP contribution is -2.33. The molecule has 5 heteroatoms. The van der Waals surface area contributed by atoms with Crippen LogP contribution in [-0.4, -0.2) is 21.8 Å². The first-order chi connectivity index (χ1) is 8.81. The number of rotatable bonds is 4. The van der Waals surface area contributed by atoms with Crippen LogP contribution in [0.25, 0.3) is 0 Å². The van der Waals surface area contributed by atoms with Crippen molar-refractivity contribution in [2.45, 2.75) is 57.2 Å². The summed E-state index contributed by atoms with van der Waals surface area (Å²) in [6, 6.07) is 3.21. The van der Waals surface area contributed by atoms with Crippen LogP contribution in [0, 0.1) is 0 Å². The average Bonchev–Trinajstić information content (AvgIpc) is 2.87. The lowest BCUT2D eigenvalue weighted by atomic mass is 10.3. The third-order valence-electron chi connectivity index (χ3n) is 3.70. The van der Waals surface area contributed by atoms with Gasteiger partial charge in [0, 0.05) is 12.2 Å². The molecule has 0 atom stereocenters. The largest absolute Gasteiger partial charge is 0.370 e. The van der Waals surface area contributed by atoms with Crippen molar-refractivity contribution in [3.63, 3.8) is 0 Å². The molecule has 0 amide bonds. The molecule has 0 bridgehead atoms. The zero-order valence-corrected chi connectivity index (χ0v) is 10.7. The van der Waals surface area contributed by atoms with Gasteiger partial charge in [0.15, 0.2) is 5.96 Å². The van der Waals surface area contributed by atoms with Crippen molar-refractivity contribution in [3.05, 3.63) is 18.0 Å². The smallest absolute Gasteiger partial charge is 0.189 e. The summed E-state index contributed by atoms with van der Waals surface area (Å²) in [5, 5.41) is 7.76. The van der Waals surface area contributed by atoms with Gasteiger partial charge in [0.1, 0.15) is 0 Å². The topological polar surface area (TPSA) is 68.2 Å². The Bertz CT molecular complexity index is 426. The molecule has 0 unspecified atom stereocenters. The fraction of sp³-hybridized carbons (Fsp3) is 0.692. The Kier molecular flexibility index (Phi) is 3.21. The van der Waals surface area contributed by atoms with Crippen LogP contribution in [0.15, 0.2) is 17.3 Å².